The molecule has 0 heterocycles. The largest absolute Gasteiger partial charge is 0.316 e. The Bertz CT molecular complexity index is 668. The third-order valence-corrected chi connectivity index (χ3v) is 4.41. The lowest BCUT2D eigenvalue weighted by Crippen LogP contribution is -2.27. The SMILES string of the molecule is C[C@H](CCC(=O)N(C)c1ccccc1)C(=O)c1ccc(Br)cc1. The van der Waals surface area contributed by atoms with Gasteiger partial charge in [0.05, 0.1) is 0 Å². The first kappa shape index (κ1) is 17.4. The summed E-state index contributed by atoms with van der Waals surface area (Å²) in [6.07, 6.45) is 0.903. The molecule has 0 aliphatic carbocycles. The summed E-state index contributed by atoms with van der Waals surface area (Å²) in [6.45, 7) is 1.88. The van der Waals surface area contributed by atoms with Crippen molar-refractivity contribution in [3.63, 3.8) is 0 Å². The molecular weight excluding hydrogens is 354 g/mol. The van der Waals surface area contributed by atoms with Crippen LogP contribution >= 0.6 is 15.9 Å². The number of para-hydroxylation sites is 1. The van der Waals surface area contributed by atoms with Crippen LogP contribution in [0.2, 0.25) is 0 Å². The first-order valence-corrected chi connectivity index (χ1v) is 8.39. The highest BCUT2D eigenvalue weighted by molar-refractivity contribution is 9.10. The summed E-state index contributed by atoms with van der Waals surface area (Å²) in [5.41, 5.74) is 1.55. The lowest BCUT2D eigenvalue weighted by Gasteiger charge is -2.18. The van der Waals surface area contributed by atoms with Gasteiger partial charge in [0, 0.05) is 35.1 Å². The van der Waals surface area contributed by atoms with Crippen molar-refractivity contribution in [2.75, 3.05) is 11.9 Å². The number of hydrogen-bond donors (Lipinski definition) is 0. The predicted octanol–water partition coefficient (Wildman–Crippen LogP) is 4.71. The number of carbonyl (C=O) groups is 2. The number of amides is 1. The maximum Gasteiger partial charge on any atom is 0.226 e. The van der Waals surface area contributed by atoms with E-state index in [0.717, 1.165) is 10.2 Å². The second-order valence-corrected chi connectivity index (χ2v) is 6.51. The predicted molar refractivity (Wildman–Crippen MR) is 96.7 cm³/mol. The van der Waals surface area contributed by atoms with Gasteiger partial charge in [0.1, 0.15) is 0 Å². The van der Waals surface area contributed by atoms with Crippen LogP contribution in [-0.2, 0) is 4.79 Å². The third-order valence-electron chi connectivity index (χ3n) is 3.89. The topological polar surface area (TPSA) is 37.4 Å². The summed E-state index contributed by atoms with van der Waals surface area (Å²) < 4.78 is 0.946. The summed E-state index contributed by atoms with van der Waals surface area (Å²) >= 11 is 3.36. The third kappa shape index (κ3) is 4.76. The fraction of sp³-hybridized carbons (Fsp3) is 0.263. The van der Waals surface area contributed by atoms with E-state index in [1.807, 2.05) is 49.4 Å². The van der Waals surface area contributed by atoms with E-state index < -0.39 is 0 Å². The van der Waals surface area contributed by atoms with Crippen LogP contribution < -0.4 is 4.90 Å². The number of benzene rings is 2. The van der Waals surface area contributed by atoms with E-state index in [-0.39, 0.29) is 17.6 Å². The minimum atomic E-state index is -0.177. The molecule has 0 N–H and O–H groups in total. The fourth-order valence-corrected chi connectivity index (χ4v) is 2.60. The molecule has 0 aliphatic heterocycles. The smallest absolute Gasteiger partial charge is 0.226 e. The zero-order valence-electron chi connectivity index (χ0n) is 13.3. The molecule has 0 aromatic heterocycles. The van der Waals surface area contributed by atoms with Crippen LogP contribution in [0.1, 0.15) is 30.1 Å². The van der Waals surface area contributed by atoms with Gasteiger partial charge in [-0.25, -0.2) is 0 Å². The van der Waals surface area contributed by atoms with Crippen LogP contribution in [0.5, 0.6) is 0 Å². The first-order valence-electron chi connectivity index (χ1n) is 7.60. The minimum Gasteiger partial charge on any atom is -0.316 e. The number of halogens is 1. The summed E-state index contributed by atoms with van der Waals surface area (Å²) in [4.78, 5) is 26.3. The number of ketones is 1. The van der Waals surface area contributed by atoms with Crippen molar-refractivity contribution in [3.8, 4) is 0 Å². The van der Waals surface area contributed by atoms with Crippen molar-refractivity contribution < 1.29 is 9.59 Å². The lowest BCUT2D eigenvalue weighted by atomic mass is 9.95. The van der Waals surface area contributed by atoms with E-state index in [1.54, 1.807) is 24.1 Å². The van der Waals surface area contributed by atoms with Crippen LogP contribution in [0.15, 0.2) is 59.1 Å². The molecule has 0 saturated carbocycles. The van der Waals surface area contributed by atoms with Crippen LogP contribution in [0.4, 0.5) is 5.69 Å². The van der Waals surface area contributed by atoms with Crippen LogP contribution in [-0.4, -0.2) is 18.7 Å². The van der Waals surface area contributed by atoms with Gasteiger partial charge in [-0.2, -0.15) is 0 Å². The van der Waals surface area contributed by atoms with Crippen molar-refractivity contribution in [2.45, 2.75) is 19.8 Å². The molecule has 0 saturated heterocycles. The molecule has 2 rings (SSSR count). The first-order chi connectivity index (χ1) is 11.0. The highest BCUT2D eigenvalue weighted by Crippen LogP contribution is 2.18. The molecule has 0 radical (unpaired) electrons. The Morgan fingerprint density at radius 2 is 1.65 bits per heavy atom. The monoisotopic (exact) mass is 373 g/mol. The second-order valence-electron chi connectivity index (χ2n) is 5.60. The van der Waals surface area contributed by atoms with Crippen LogP contribution in [0.3, 0.4) is 0 Å². The minimum absolute atomic E-state index is 0.0201. The summed E-state index contributed by atoms with van der Waals surface area (Å²) in [5, 5.41) is 0. The van der Waals surface area contributed by atoms with Crippen molar-refractivity contribution in [2.24, 2.45) is 5.92 Å². The Labute approximate surface area is 145 Å². The molecule has 0 aliphatic rings. The van der Waals surface area contributed by atoms with Gasteiger partial charge in [-0.1, -0.05) is 53.2 Å². The van der Waals surface area contributed by atoms with E-state index in [4.69, 9.17) is 0 Å². The highest BCUT2D eigenvalue weighted by Gasteiger charge is 2.18. The van der Waals surface area contributed by atoms with Crippen LogP contribution in [0.25, 0.3) is 0 Å². The Morgan fingerprint density at radius 1 is 1.04 bits per heavy atom. The standard InChI is InChI=1S/C19H20BrNO2/c1-14(19(23)15-9-11-16(20)12-10-15)8-13-18(22)21(2)17-6-4-3-5-7-17/h3-7,9-12,14H,8,13H2,1-2H3/t14-/m1/s1. The molecule has 2 aromatic carbocycles. The fourth-order valence-electron chi connectivity index (χ4n) is 2.33. The maximum atomic E-state index is 12.4. The van der Waals surface area contributed by atoms with Gasteiger partial charge in [0.25, 0.3) is 0 Å². The Kier molecular flexibility index (Phi) is 6.11. The van der Waals surface area contributed by atoms with Crippen molar-refractivity contribution in [3.05, 3.63) is 64.6 Å². The average molecular weight is 374 g/mol. The van der Waals surface area contributed by atoms with E-state index in [0.29, 0.717) is 18.4 Å². The number of nitrogens with zero attached hydrogens (tertiary/aromatic N) is 1. The van der Waals surface area contributed by atoms with Gasteiger partial charge in [-0.3, -0.25) is 9.59 Å². The van der Waals surface area contributed by atoms with E-state index in [9.17, 15) is 9.59 Å². The van der Waals surface area contributed by atoms with Gasteiger partial charge in [-0.05, 0) is 30.7 Å². The van der Waals surface area contributed by atoms with Gasteiger partial charge < -0.3 is 4.90 Å². The molecule has 0 fully saturated rings. The van der Waals surface area contributed by atoms with E-state index in [2.05, 4.69) is 15.9 Å². The van der Waals surface area contributed by atoms with Crippen LogP contribution in [0, 0.1) is 5.92 Å². The maximum absolute atomic E-state index is 12.4. The zero-order valence-corrected chi connectivity index (χ0v) is 14.9. The number of Topliss-reactive ketones (excluding diaryl/α,β-unsaturated/α-hetero) is 1. The number of hydrogen-bond acceptors (Lipinski definition) is 2. The van der Waals surface area contributed by atoms with E-state index in [1.165, 1.54) is 0 Å². The lowest BCUT2D eigenvalue weighted by molar-refractivity contribution is -0.118. The molecule has 4 heteroatoms. The molecule has 0 bridgehead atoms. The summed E-state index contributed by atoms with van der Waals surface area (Å²) in [5.74, 6) is -0.0800. The van der Waals surface area contributed by atoms with Crippen molar-refractivity contribution in [1.82, 2.24) is 0 Å². The molecule has 120 valence electrons. The number of rotatable bonds is 6. The van der Waals surface area contributed by atoms with Crippen molar-refractivity contribution in [1.29, 1.82) is 0 Å². The average Bonchev–Trinajstić information content (AvgIpc) is 2.59. The molecule has 0 unspecified atom stereocenters. The molecule has 0 spiro atoms. The Hall–Kier alpha value is -1.94. The number of anilines is 1. The van der Waals surface area contributed by atoms with Gasteiger partial charge in [-0.15, -0.1) is 0 Å². The van der Waals surface area contributed by atoms with E-state index >= 15 is 0 Å². The Morgan fingerprint density at radius 3 is 2.26 bits per heavy atom. The van der Waals surface area contributed by atoms with Gasteiger partial charge in [0.2, 0.25) is 5.91 Å². The van der Waals surface area contributed by atoms with Crippen molar-refractivity contribution >= 4 is 33.3 Å². The molecule has 23 heavy (non-hydrogen) atoms. The Balaban J connectivity index is 1.90. The summed E-state index contributed by atoms with van der Waals surface area (Å²) in [6, 6.07) is 16.8. The molecule has 1 amide bonds. The quantitative estimate of drug-likeness (QED) is 0.687. The summed E-state index contributed by atoms with van der Waals surface area (Å²) in [7, 11) is 1.76. The van der Waals surface area contributed by atoms with Gasteiger partial charge in [0.15, 0.2) is 5.78 Å². The molecule has 1 atom stereocenters. The highest BCUT2D eigenvalue weighted by atomic mass is 79.9. The zero-order chi connectivity index (χ0) is 16.8. The second kappa shape index (κ2) is 8.06. The molecular formula is C19H20BrNO2. The number of carbonyl (C=O) groups excluding carboxylic acids is 2. The molecule has 2 aromatic rings. The molecule has 3 nitrogen and oxygen atoms in total. The normalized spacial score (nSPS) is 11.8. The van der Waals surface area contributed by atoms with Gasteiger partial charge >= 0.3 is 0 Å².